The van der Waals surface area contributed by atoms with Crippen LogP contribution in [0.1, 0.15) is 156 Å². The van der Waals surface area contributed by atoms with Gasteiger partial charge in [-0.05, 0) is 123 Å². The summed E-state index contributed by atoms with van der Waals surface area (Å²) in [5.74, 6) is -14.4. The number of hydrogen-bond acceptors (Lipinski definition) is 14. The highest BCUT2D eigenvalue weighted by Gasteiger charge is 2.39. The number of unbranched alkanes of at least 4 members (excludes halogenated alkanes) is 6. The Morgan fingerprint density at radius 3 is 1.25 bits per heavy atom. The molecule has 0 heterocycles. The van der Waals surface area contributed by atoms with Crippen molar-refractivity contribution in [3.05, 3.63) is 115 Å². The number of nitrogens with zero attached hydrogens (tertiary/aromatic N) is 8. The molecule has 2 rings (SSSR count). The van der Waals surface area contributed by atoms with E-state index in [1.165, 1.54) is 0 Å². The molecule has 30 heteroatoms. The van der Waals surface area contributed by atoms with E-state index in [-0.39, 0.29) is 49.6 Å². The first-order valence-corrected chi connectivity index (χ1v) is 33.1. The van der Waals surface area contributed by atoms with E-state index >= 15 is 0 Å². The summed E-state index contributed by atoms with van der Waals surface area (Å²) in [5, 5.41) is 8.09. The molecule has 0 aliphatic rings. The lowest BCUT2D eigenvalue weighted by Crippen LogP contribution is -2.44. The van der Waals surface area contributed by atoms with Crippen LogP contribution in [0.2, 0.25) is 0 Å². The predicted molar refractivity (Wildman–Crippen MR) is 343 cm³/mol. The summed E-state index contributed by atoms with van der Waals surface area (Å²) in [4.78, 5) is 28.5. The summed E-state index contributed by atoms with van der Waals surface area (Å²) in [6, 6.07) is 0. The Balaban J connectivity index is -0.000000644. The molecule has 0 saturated carbocycles. The number of carbonyl (C=O) groups is 2. The predicted octanol–water partition coefficient (Wildman–Crippen LogP) is 15.1. The van der Waals surface area contributed by atoms with Crippen LogP contribution in [0.25, 0.3) is 20.9 Å². The fraction of sp³-hybridized carbons (Fsp3) is 0.677. The van der Waals surface area contributed by atoms with Crippen molar-refractivity contribution in [3.8, 4) is 0 Å². The number of esters is 2. The lowest BCUT2D eigenvalue weighted by atomic mass is 9.70. The lowest BCUT2D eigenvalue weighted by Gasteiger charge is -2.36. The molecule has 1 N–H and O–H groups in total. The first-order chi connectivity index (χ1) is 42.5. The summed E-state index contributed by atoms with van der Waals surface area (Å²) in [6.07, 6.45) is 12.2. The van der Waals surface area contributed by atoms with Gasteiger partial charge in [-0.15, -0.1) is 6.58 Å². The smallest absolute Gasteiger partial charge is 0.333 e. The van der Waals surface area contributed by atoms with Gasteiger partial charge in [-0.3, -0.25) is 4.79 Å². The van der Waals surface area contributed by atoms with Crippen LogP contribution in [0.15, 0.2) is 46.7 Å². The number of halogens is 8. The summed E-state index contributed by atoms with van der Waals surface area (Å²) >= 11 is 0. The number of azide groups is 2. The van der Waals surface area contributed by atoms with Crippen LogP contribution in [0.5, 0.6) is 0 Å². The van der Waals surface area contributed by atoms with E-state index in [1.54, 1.807) is 21.1 Å². The number of nitrogens with one attached hydrogen (secondary N) is 1. The van der Waals surface area contributed by atoms with Crippen molar-refractivity contribution in [2.45, 2.75) is 158 Å². The molecule has 530 valence electrons. The van der Waals surface area contributed by atoms with Gasteiger partial charge in [-0.25, -0.2) is 56.8 Å². The second kappa shape index (κ2) is 48.1. The third-order valence-electron chi connectivity index (χ3n) is 13.8. The van der Waals surface area contributed by atoms with Crippen molar-refractivity contribution in [2.75, 3.05) is 107 Å². The third kappa shape index (κ3) is 42.5. The highest BCUT2D eigenvalue weighted by molar-refractivity contribution is 7.85. The van der Waals surface area contributed by atoms with Crippen molar-refractivity contribution in [3.63, 3.8) is 0 Å². The number of methoxy groups -OCH3 is 1. The molecular formula is C62H103F8N9O11S2. The quantitative estimate of drug-likeness (QED) is 0.00576. The van der Waals surface area contributed by atoms with Crippen LogP contribution in [0.3, 0.4) is 0 Å². The second-order valence-corrected chi connectivity index (χ2v) is 27.3. The van der Waals surface area contributed by atoms with E-state index in [1.807, 2.05) is 89.1 Å². The first-order valence-electron chi connectivity index (χ1n) is 30.0. The number of rotatable bonds is 35. The van der Waals surface area contributed by atoms with Gasteiger partial charge in [0.15, 0.2) is 46.5 Å². The standard InChI is InChI=1S/C28H44F4N4O5S.C15H17F4N3.C11H21NO5S.C4H8.C2H7N.C2H6O/c1-7-28(4,26(37)41-17-16-36(5,6)15-12-18-42(38,39)40)19-27(2,3)14-11-9-8-10-13-20-21(29)23(31)25(34-35-33)24(32)22(20)30;1-9(2)7-5-3-4-6-8-10-11(16)13(18)15(21-22-20)14(19)12(10)17;1-10(2)11(13)17-8-7-12(3,4)6-5-9-18(14,15)16;1-3-4-2;2*1-3-2/h7-19H2,1-6H3;1,3-8H2,2H3;1,5-9H2,2-4H3;3-4H,1-2H3;3H,1-2H3;1-2H3. The highest BCUT2D eigenvalue weighted by atomic mass is 32.2. The zero-order valence-electron chi connectivity index (χ0n) is 56.9. The van der Waals surface area contributed by atoms with Crippen molar-refractivity contribution in [2.24, 2.45) is 21.1 Å². The molecule has 20 nitrogen and oxygen atoms in total. The van der Waals surface area contributed by atoms with E-state index in [0.29, 0.717) is 92.1 Å². The highest BCUT2D eigenvalue weighted by Crippen LogP contribution is 2.41. The monoisotopic (exact) mass is 1370 g/mol. The van der Waals surface area contributed by atoms with E-state index in [2.05, 4.69) is 57.1 Å². The number of benzene rings is 2. The number of quaternary nitrogens is 2. The largest absolute Gasteiger partial charge is 0.748 e. The van der Waals surface area contributed by atoms with Crippen LogP contribution in [0, 0.1) is 57.4 Å². The average Bonchev–Trinajstić information content (AvgIpc) is 0.813. The number of allylic oxidation sites excluding steroid dienone is 3. The van der Waals surface area contributed by atoms with Crippen molar-refractivity contribution < 1.29 is 93.8 Å². The summed E-state index contributed by atoms with van der Waals surface area (Å²) in [7, 11) is 6.10. The molecule has 0 aliphatic heterocycles. The summed E-state index contributed by atoms with van der Waals surface area (Å²) in [6.45, 7) is 25.0. The SMILES string of the molecule is C=C(C)C(=O)OCC[N+](C)(C)CCCS(=O)(=O)[O-].C=C(C)CCCCCCc1c(F)c(F)c(N=[N+]=[N-])c(F)c1F.CC=CC.CCC(C)(CC(C)(C)CCCCCCc1c(F)c(F)c(N=[N+]=[N-])c(F)c1F)C(=O)OCC[N+](C)(C)CCCS(=O)(=O)[O-].CNC.COC. The van der Waals surface area contributed by atoms with Crippen molar-refractivity contribution in [1.82, 2.24) is 5.32 Å². The van der Waals surface area contributed by atoms with E-state index in [4.69, 9.17) is 20.5 Å². The Morgan fingerprint density at radius 1 is 0.609 bits per heavy atom. The normalized spacial score (nSPS) is 12.0. The molecule has 92 heavy (non-hydrogen) atoms. The Labute approximate surface area is 542 Å². The number of hydrogen-bond donors (Lipinski definition) is 1. The van der Waals surface area contributed by atoms with Gasteiger partial charge >= 0.3 is 11.9 Å². The average molecular weight is 1370 g/mol. The maximum absolute atomic E-state index is 14.2. The maximum atomic E-state index is 14.2. The third-order valence-corrected chi connectivity index (χ3v) is 15.3. The fourth-order valence-corrected chi connectivity index (χ4v) is 9.46. The first kappa shape index (κ1) is 92.7. The maximum Gasteiger partial charge on any atom is 0.333 e. The van der Waals surface area contributed by atoms with Crippen LogP contribution < -0.4 is 5.32 Å². The molecule has 0 bridgehead atoms. The van der Waals surface area contributed by atoms with Gasteiger partial charge in [0.25, 0.3) is 0 Å². The van der Waals surface area contributed by atoms with Gasteiger partial charge in [-0.1, -0.05) is 87.4 Å². The minimum Gasteiger partial charge on any atom is -0.748 e. The van der Waals surface area contributed by atoms with Gasteiger partial charge in [0, 0.05) is 65.1 Å². The Kier molecular flexibility index (Phi) is 48.5. The minimum absolute atomic E-state index is 0.116. The molecule has 0 aliphatic carbocycles. The van der Waals surface area contributed by atoms with Crippen LogP contribution in [-0.4, -0.2) is 154 Å². The number of carbonyl (C=O) groups excluding carboxylic acids is 2. The Morgan fingerprint density at radius 2 is 0.946 bits per heavy atom. The number of ether oxygens (including phenoxy) is 3. The van der Waals surface area contributed by atoms with Crippen LogP contribution in [0.4, 0.5) is 46.5 Å². The summed E-state index contributed by atoms with van der Waals surface area (Å²) in [5.41, 5.74) is 13.0. The molecule has 2 aromatic rings. The minimum atomic E-state index is -4.26. The lowest BCUT2D eigenvalue weighted by molar-refractivity contribution is -0.890. The zero-order valence-corrected chi connectivity index (χ0v) is 58.6. The second-order valence-electron chi connectivity index (χ2n) is 24.2. The van der Waals surface area contributed by atoms with Gasteiger partial charge < -0.3 is 37.6 Å². The molecule has 0 saturated heterocycles. The molecule has 0 amide bonds. The van der Waals surface area contributed by atoms with E-state index in [0.717, 1.165) is 37.7 Å². The molecule has 0 spiro atoms. The van der Waals surface area contributed by atoms with E-state index < -0.39 is 106 Å². The van der Waals surface area contributed by atoms with Gasteiger partial charge in [0.2, 0.25) is 0 Å². The van der Waals surface area contributed by atoms with Crippen LogP contribution >= 0.6 is 0 Å². The molecule has 0 aromatic heterocycles. The van der Waals surface area contributed by atoms with Gasteiger partial charge in [0.05, 0.1) is 66.9 Å². The molecule has 0 fully saturated rings. The van der Waals surface area contributed by atoms with Crippen molar-refractivity contribution in [1.29, 1.82) is 0 Å². The van der Waals surface area contributed by atoms with Crippen molar-refractivity contribution >= 4 is 43.5 Å². The summed E-state index contributed by atoms with van der Waals surface area (Å²) < 4.78 is 190. The van der Waals surface area contributed by atoms with Gasteiger partial charge in [0.1, 0.15) is 37.7 Å². The zero-order chi connectivity index (χ0) is 72.3. The molecule has 2 aromatic carbocycles. The van der Waals surface area contributed by atoms with Gasteiger partial charge in [-0.2, -0.15) is 0 Å². The topological polar surface area (TPSA) is 286 Å². The molecule has 1 unspecified atom stereocenters. The fourth-order valence-electron chi connectivity index (χ4n) is 8.49. The molecular weight excluding hydrogens is 1260 g/mol. The Bertz CT molecular complexity index is 2880. The Hall–Kier alpha value is -5.68. The molecule has 1 atom stereocenters. The van der Waals surface area contributed by atoms with E-state index in [9.17, 15) is 70.7 Å². The molecule has 0 radical (unpaired) electrons. The van der Waals surface area contributed by atoms with Crippen LogP contribution in [-0.2, 0) is 56.9 Å². The number of likely N-dealkylation sites (N-methyl/N-ethyl adjacent to an activating group) is 2.